The van der Waals surface area contributed by atoms with E-state index in [0.717, 1.165) is 12.8 Å². The average molecular weight is 586 g/mol. The molecule has 2 aliphatic carbocycles. The molecule has 5 aromatic carbocycles. The van der Waals surface area contributed by atoms with E-state index in [4.69, 9.17) is 0 Å². The Morgan fingerprint density at radius 3 is 2.36 bits per heavy atom. The van der Waals surface area contributed by atoms with E-state index in [-0.39, 0.29) is 5.41 Å². The monoisotopic (exact) mass is 585 g/mol. The molecule has 0 radical (unpaired) electrons. The zero-order valence-electron chi connectivity index (χ0n) is 25.2. The number of nitrogens with zero attached hydrogens (tertiary/aromatic N) is 1. The molecule has 44 heavy (non-hydrogen) atoms. The SMILES string of the molecule is CC1C=Cc2sc3ccc(N(C4=CC(C)(c5ccccc5)CC(c5ccccc5)=C4)c4cccc5ccccc45)cc3c2C1. The smallest absolute Gasteiger partial charge is 0.0539 e. The van der Waals surface area contributed by atoms with Gasteiger partial charge in [-0.15, -0.1) is 11.3 Å². The van der Waals surface area contributed by atoms with Crippen LogP contribution in [0.5, 0.6) is 0 Å². The highest BCUT2D eigenvalue weighted by Crippen LogP contribution is 2.47. The Morgan fingerprint density at radius 1 is 0.773 bits per heavy atom. The van der Waals surface area contributed by atoms with E-state index in [1.807, 2.05) is 11.3 Å². The predicted octanol–water partition coefficient (Wildman–Crippen LogP) is 11.7. The van der Waals surface area contributed by atoms with Crippen LogP contribution in [-0.2, 0) is 11.8 Å². The highest BCUT2D eigenvalue weighted by molar-refractivity contribution is 7.20. The summed E-state index contributed by atoms with van der Waals surface area (Å²) in [6.07, 6.45) is 11.7. The van der Waals surface area contributed by atoms with Crippen LogP contribution in [0.15, 0.2) is 145 Å². The van der Waals surface area contributed by atoms with Gasteiger partial charge in [-0.2, -0.15) is 0 Å². The lowest BCUT2D eigenvalue weighted by Gasteiger charge is -2.37. The second-order valence-corrected chi connectivity index (χ2v) is 13.6. The van der Waals surface area contributed by atoms with Crippen molar-refractivity contribution < 1.29 is 0 Å². The first-order valence-corrected chi connectivity index (χ1v) is 16.4. The van der Waals surface area contributed by atoms with Gasteiger partial charge in [-0.1, -0.05) is 117 Å². The van der Waals surface area contributed by atoms with Gasteiger partial charge < -0.3 is 4.90 Å². The molecule has 0 saturated heterocycles. The predicted molar refractivity (Wildman–Crippen MR) is 191 cm³/mol. The first kappa shape index (κ1) is 26.9. The Morgan fingerprint density at radius 2 is 1.52 bits per heavy atom. The van der Waals surface area contributed by atoms with E-state index in [1.54, 1.807) is 0 Å². The molecule has 0 aliphatic heterocycles. The molecule has 0 saturated carbocycles. The Hall–Kier alpha value is -4.66. The van der Waals surface area contributed by atoms with Crippen molar-refractivity contribution in [2.45, 2.75) is 32.1 Å². The third-order valence-corrected chi connectivity index (χ3v) is 10.5. The maximum atomic E-state index is 2.51. The van der Waals surface area contributed by atoms with Crippen molar-refractivity contribution in [3.8, 4) is 0 Å². The Balaban J connectivity index is 1.39. The number of hydrogen-bond acceptors (Lipinski definition) is 2. The second-order valence-electron chi connectivity index (χ2n) is 12.6. The summed E-state index contributed by atoms with van der Waals surface area (Å²) < 4.78 is 1.36. The molecule has 0 bridgehead atoms. The van der Waals surface area contributed by atoms with Gasteiger partial charge in [0.05, 0.1) is 5.69 Å². The van der Waals surface area contributed by atoms with Crippen LogP contribution in [-0.4, -0.2) is 0 Å². The zero-order chi connectivity index (χ0) is 29.7. The summed E-state index contributed by atoms with van der Waals surface area (Å²) in [5, 5.41) is 3.89. The summed E-state index contributed by atoms with van der Waals surface area (Å²) in [6.45, 7) is 4.72. The van der Waals surface area contributed by atoms with Crippen molar-refractivity contribution >= 4 is 55.2 Å². The number of benzene rings is 5. The third kappa shape index (κ3) is 4.71. The van der Waals surface area contributed by atoms with Crippen molar-refractivity contribution in [2.75, 3.05) is 4.90 Å². The lowest BCUT2D eigenvalue weighted by Crippen LogP contribution is -2.27. The van der Waals surface area contributed by atoms with Crippen LogP contribution in [0.1, 0.15) is 41.8 Å². The summed E-state index contributed by atoms with van der Waals surface area (Å²) in [5.74, 6) is 0.558. The van der Waals surface area contributed by atoms with E-state index >= 15 is 0 Å². The molecule has 6 aromatic rings. The summed E-state index contributed by atoms with van der Waals surface area (Å²) in [7, 11) is 0. The Kier molecular flexibility index (Phi) is 6.61. The molecule has 0 amide bonds. The van der Waals surface area contributed by atoms with Gasteiger partial charge in [0.15, 0.2) is 0 Å². The molecule has 2 unspecified atom stereocenters. The largest absolute Gasteiger partial charge is 0.310 e. The minimum absolute atomic E-state index is 0.175. The van der Waals surface area contributed by atoms with Crippen molar-refractivity contribution in [2.24, 2.45) is 5.92 Å². The maximum absolute atomic E-state index is 2.51. The van der Waals surface area contributed by atoms with Gasteiger partial charge in [-0.05, 0) is 94.3 Å². The van der Waals surface area contributed by atoms with E-state index in [0.29, 0.717) is 5.92 Å². The number of anilines is 2. The highest BCUT2D eigenvalue weighted by atomic mass is 32.1. The van der Waals surface area contributed by atoms with Gasteiger partial charge in [0.2, 0.25) is 0 Å². The summed E-state index contributed by atoms with van der Waals surface area (Å²) in [4.78, 5) is 3.92. The lowest BCUT2D eigenvalue weighted by molar-refractivity contribution is 0.603. The lowest BCUT2D eigenvalue weighted by atomic mass is 9.72. The normalized spacial score (nSPS) is 19.5. The zero-order valence-corrected chi connectivity index (χ0v) is 26.0. The molecule has 1 nitrogen and oxygen atoms in total. The first-order chi connectivity index (χ1) is 21.6. The topological polar surface area (TPSA) is 3.24 Å². The fourth-order valence-corrected chi connectivity index (χ4v) is 8.26. The Labute approximate surface area is 264 Å². The quantitative estimate of drug-likeness (QED) is 0.194. The molecule has 0 spiro atoms. The van der Waals surface area contributed by atoms with Gasteiger partial charge >= 0.3 is 0 Å². The number of hydrogen-bond donors (Lipinski definition) is 0. The number of thiophene rings is 1. The van der Waals surface area contributed by atoms with Crippen LogP contribution < -0.4 is 4.90 Å². The van der Waals surface area contributed by atoms with Crippen LogP contribution >= 0.6 is 11.3 Å². The number of allylic oxidation sites excluding steroid dienone is 4. The molecule has 2 atom stereocenters. The van der Waals surface area contributed by atoms with Crippen molar-refractivity contribution in [1.29, 1.82) is 0 Å². The molecular formula is C42H35NS. The van der Waals surface area contributed by atoms with E-state index in [9.17, 15) is 0 Å². The van der Waals surface area contributed by atoms with Gasteiger partial charge in [0, 0.05) is 31.8 Å². The van der Waals surface area contributed by atoms with Crippen LogP contribution in [0.25, 0.3) is 32.5 Å². The molecule has 2 heteroatoms. The minimum Gasteiger partial charge on any atom is -0.310 e. The second kappa shape index (κ2) is 10.8. The fourth-order valence-electron chi connectivity index (χ4n) is 7.13. The maximum Gasteiger partial charge on any atom is 0.0539 e. The standard InChI is InChI=1S/C42H35NS/c1-29-20-22-40-37(24-29)38-26-34(21-23-41(38)44-40)43(39-19-11-15-31-14-9-10-18-36(31)39)35-25-32(30-12-5-3-6-13-30)27-42(2,28-35)33-16-7-4-8-17-33/h3-23,25-26,28-29H,24,27H2,1-2H3. The van der Waals surface area contributed by atoms with Gasteiger partial charge in [0.1, 0.15) is 0 Å². The van der Waals surface area contributed by atoms with Gasteiger partial charge in [-0.3, -0.25) is 0 Å². The molecular weight excluding hydrogens is 551 g/mol. The van der Waals surface area contributed by atoms with Crippen LogP contribution in [0, 0.1) is 5.92 Å². The van der Waals surface area contributed by atoms with Crippen LogP contribution in [0.3, 0.4) is 0 Å². The number of rotatable bonds is 5. The summed E-state index contributed by atoms with van der Waals surface area (Å²) in [6, 6.07) is 44.5. The fraction of sp³-hybridized carbons (Fsp3) is 0.143. The summed E-state index contributed by atoms with van der Waals surface area (Å²) in [5.41, 5.74) is 8.89. The third-order valence-electron chi connectivity index (χ3n) is 9.36. The molecule has 8 rings (SSSR count). The van der Waals surface area contributed by atoms with Crippen LogP contribution in [0.4, 0.5) is 11.4 Å². The highest BCUT2D eigenvalue weighted by Gasteiger charge is 2.32. The van der Waals surface area contributed by atoms with Gasteiger partial charge in [-0.25, -0.2) is 0 Å². The minimum atomic E-state index is -0.175. The molecule has 0 fully saturated rings. The average Bonchev–Trinajstić information content (AvgIpc) is 3.43. The van der Waals surface area contributed by atoms with E-state index in [2.05, 4.69) is 164 Å². The van der Waals surface area contributed by atoms with E-state index in [1.165, 1.54) is 65.1 Å². The molecule has 214 valence electrons. The Bertz CT molecular complexity index is 2090. The number of fused-ring (bicyclic) bond motifs is 4. The van der Waals surface area contributed by atoms with Crippen molar-refractivity contribution in [3.05, 3.63) is 167 Å². The van der Waals surface area contributed by atoms with Crippen molar-refractivity contribution in [1.82, 2.24) is 0 Å². The molecule has 2 aliphatic rings. The van der Waals surface area contributed by atoms with E-state index < -0.39 is 0 Å². The molecule has 0 N–H and O–H groups in total. The molecule has 1 aromatic heterocycles. The summed E-state index contributed by atoms with van der Waals surface area (Å²) >= 11 is 1.92. The van der Waals surface area contributed by atoms with Gasteiger partial charge in [0.25, 0.3) is 0 Å². The van der Waals surface area contributed by atoms with Crippen LogP contribution in [0.2, 0.25) is 0 Å². The van der Waals surface area contributed by atoms with Crippen molar-refractivity contribution in [3.63, 3.8) is 0 Å². The molecule has 1 heterocycles. The first-order valence-electron chi connectivity index (χ1n) is 15.6.